The number of carboxylic acid groups (broad SMARTS) is 1. The third-order valence-corrected chi connectivity index (χ3v) is 12.9. The Morgan fingerprint density at radius 1 is 0.979 bits per heavy atom. The number of hydrogen-bond acceptors (Lipinski definition) is 8. The molecule has 48 heavy (non-hydrogen) atoms. The Morgan fingerprint density at radius 2 is 1.69 bits per heavy atom. The molecule has 4 fully saturated rings. The van der Waals surface area contributed by atoms with Crippen LogP contribution in [0.5, 0.6) is 0 Å². The van der Waals surface area contributed by atoms with Crippen LogP contribution in [0.1, 0.15) is 70.8 Å². The number of nitrogens with one attached hydrogen (secondary N) is 2. The number of carboxylic acids is 1. The fraction of sp³-hybridized carbons (Fsp3) is 0.361. The van der Waals surface area contributed by atoms with Crippen LogP contribution in [-0.2, 0) is 6.54 Å². The van der Waals surface area contributed by atoms with Gasteiger partial charge in [-0.2, -0.15) is 10.2 Å². The Balaban J connectivity index is 1.04. The molecule has 3 N–H and O–H groups in total. The molecule has 6 aromatic rings. The molecule has 1 amide bonds. The number of aromatic carboxylic acids is 1. The van der Waals surface area contributed by atoms with Gasteiger partial charge in [-0.25, -0.2) is 14.3 Å². The van der Waals surface area contributed by atoms with E-state index in [1.807, 2.05) is 55.6 Å². The van der Waals surface area contributed by atoms with Gasteiger partial charge in [0.2, 0.25) is 0 Å². The fourth-order valence-corrected chi connectivity index (χ4v) is 11.3. The monoisotopic (exact) mass is 677 g/mol. The second kappa shape index (κ2) is 11.0. The number of aromatic nitrogens is 5. The van der Waals surface area contributed by atoms with Crippen molar-refractivity contribution in [2.75, 3.05) is 10.6 Å². The molecular formula is C36H35N7O3S2. The van der Waals surface area contributed by atoms with E-state index in [2.05, 4.69) is 32.3 Å². The van der Waals surface area contributed by atoms with Crippen molar-refractivity contribution in [1.29, 1.82) is 0 Å². The van der Waals surface area contributed by atoms with Gasteiger partial charge in [0.1, 0.15) is 4.83 Å². The van der Waals surface area contributed by atoms with Crippen molar-refractivity contribution >= 4 is 66.1 Å². The molecule has 4 heterocycles. The fourth-order valence-electron chi connectivity index (χ4n) is 9.15. The first-order valence-corrected chi connectivity index (χ1v) is 18.2. The SMILES string of the molecule is Cc1nn2c(C(=O)O)c(-c3cnn(CC45CC6CC(CC(C6)C4)C5)c3C)sc2c1Nc1ccccc1C(=O)Nc1nc2ccccc2s1. The zero-order valence-corrected chi connectivity index (χ0v) is 28.3. The van der Waals surface area contributed by atoms with E-state index in [0.29, 0.717) is 42.9 Å². The quantitative estimate of drug-likeness (QED) is 0.148. The minimum Gasteiger partial charge on any atom is -0.476 e. The van der Waals surface area contributed by atoms with Crippen LogP contribution in [0.15, 0.2) is 54.7 Å². The van der Waals surface area contributed by atoms with E-state index >= 15 is 0 Å². The van der Waals surface area contributed by atoms with Gasteiger partial charge in [0.15, 0.2) is 10.8 Å². The lowest BCUT2D eigenvalue weighted by Gasteiger charge is -2.56. The topological polar surface area (TPSA) is 126 Å². The molecule has 4 bridgehead atoms. The summed E-state index contributed by atoms with van der Waals surface area (Å²) in [5, 5.41) is 26.9. The van der Waals surface area contributed by atoms with Gasteiger partial charge in [-0.1, -0.05) is 35.6 Å². The third-order valence-electron chi connectivity index (χ3n) is 10.8. The summed E-state index contributed by atoms with van der Waals surface area (Å²) in [6.45, 7) is 4.79. The van der Waals surface area contributed by atoms with Gasteiger partial charge in [0.05, 0.1) is 43.9 Å². The zero-order valence-electron chi connectivity index (χ0n) is 26.7. The van der Waals surface area contributed by atoms with Gasteiger partial charge in [-0.15, -0.1) is 11.3 Å². The molecule has 10 nitrogen and oxygen atoms in total. The molecule has 4 aliphatic rings. The minimum atomic E-state index is -1.05. The maximum atomic E-state index is 13.5. The molecule has 10 rings (SSSR count). The molecule has 0 saturated heterocycles. The summed E-state index contributed by atoms with van der Waals surface area (Å²) in [7, 11) is 0. The lowest BCUT2D eigenvalue weighted by atomic mass is 9.49. The number of amides is 1. The second-order valence-corrected chi connectivity index (χ2v) is 16.1. The highest BCUT2D eigenvalue weighted by atomic mass is 32.1. The summed E-state index contributed by atoms with van der Waals surface area (Å²) in [5.74, 6) is 1.22. The van der Waals surface area contributed by atoms with Gasteiger partial charge in [0, 0.05) is 17.8 Å². The van der Waals surface area contributed by atoms with Crippen LogP contribution in [0.2, 0.25) is 0 Å². The van der Waals surface area contributed by atoms with Crippen LogP contribution < -0.4 is 10.6 Å². The molecule has 0 spiro atoms. The predicted molar refractivity (Wildman–Crippen MR) is 189 cm³/mol. The Morgan fingerprint density at radius 3 is 2.42 bits per heavy atom. The van der Waals surface area contributed by atoms with E-state index in [1.54, 1.807) is 6.07 Å². The Kier molecular flexibility index (Phi) is 6.77. The smallest absolute Gasteiger partial charge is 0.356 e. The average molecular weight is 678 g/mol. The Labute approximate surface area is 284 Å². The number of anilines is 3. The number of aryl methyl sites for hydroxylation is 1. The Hall–Kier alpha value is -4.55. The number of nitrogens with zero attached hydrogens (tertiary/aromatic N) is 5. The number of carbonyl (C=O) groups excluding carboxylic acids is 1. The maximum absolute atomic E-state index is 13.5. The van der Waals surface area contributed by atoms with Crippen LogP contribution in [0.3, 0.4) is 0 Å². The van der Waals surface area contributed by atoms with E-state index < -0.39 is 5.97 Å². The largest absolute Gasteiger partial charge is 0.476 e. The van der Waals surface area contributed by atoms with Crippen LogP contribution in [0.25, 0.3) is 25.5 Å². The standard InChI is InChI=1S/C36H35N7O3S2/c1-19-29(38-26-8-4-3-7-24(26)32(44)40-35-39-27-9-5-6-10-28(27)47-35)33-43(41-19)30(34(45)46)31(48-33)25-17-37-42(20(25)2)18-36-14-21-11-22(15-36)13-23(12-21)16-36/h3-10,17,21-23,38H,11-16,18H2,1-2H3,(H,45,46)(H,39,40,44). The van der Waals surface area contributed by atoms with Gasteiger partial charge in [-0.05, 0) is 99.8 Å². The summed E-state index contributed by atoms with van der Waals surface area (Å²) >= 11 is 2.81. The first-order chi connectivity index (χ1) is 23.2. The predicted octanol–water partition coefficient (Wildman–Crippen LogP) is 8.40. The first kappa shape index (κ1) is 29.6. The molecule has 0 radical (unpaired) electrons. The van der Waals surface area contributed by atoms with Crippen LogP contribution in [0, 0.1) is 37.0 Å². The summed E-state index contributed by atoms with van der Waals surface area (Å²) in [5.41, 5.74) is 5.38. The van der Waals surface area contributed by atoms with Crippen LogP contribution in [0.4, 0.5) is 16.5 Å². The van der Waals surface area contributed by atoms with Gasteiger partial charge in [-0.3, -0.25) is 14.8 Å². The summed E-state index contributed by atoms with van der Waals surface area (Å²) in [6.07, 6.45) is 9.88. The van der Waals surface area contributed by atoms with Crippen molar-refractivity contribution in [3.8, 4) is 10.4 Å². The molecular weight excluding hydrogens is 643 g/mol. The molecule has 244 valence electrons. The van der Waals surface area contributed by atoms with Gasteiger partial charge >= 0.3 is 5.97 Å². The van der Waals surface area contributed by atoms with Crippen molar-refractivity contribution < 1.29 is 14.7 Å². The van der Waals surface area contributed by atoms with E-state index in [4.69, 9.17) is 5.10 Å². The number of fused-ring (bicyclic) bond motifs is 2. The van der Waals surface area contributed by atoms with E-state index in [1.165, 1.54) is 65.7 Å². The van der Waals surface area contributed by atoms with Gasteiger partial charge in [0.25, 0.3) is 5.91 Å². The number of rotatable bonds is 8. The molecule has 0 unspecified atom stereocenters. The molecule has 4 saturated carbocycles. The first-order valence-electron chi connectivity index (χ1n) is 16.5. The van der Waals surface area contributed by atoms with Crippen molar-refractivity contribution in [2.45, 2.75) is 58.9 Å². The highest BCUT2D eigenvalue weighted by Crippen LogP contribution is 2.60. The lowest BCUT2D eigenvalue weighted by Crippen LogP contribution is -2.48. The van der Waals surface area contributed by atoms with Crippen LogP contribution in [-0.4, -0.2) is 41.4 Å². The third kappa shape index (κ3) is 4.83. The van der Waals surface area contributed by atoms with Crippen LogP contribution >= 0.6 is 22.7 Å². The summed E-state index contributed by atoms with van der Waals surface area (Å²) in [4.78, 5) is 32.1. The van der Waals surface area contributed by atoms with Crippen molar-refractivity contribution in [3.63, 3.8) is 0 Å². The number of hydrogen-bond donors (Lipinski definition) is 3. The normalized spacial score (nSPS) is 22.9. The zero-order chi connectivity index (χ0) is 32.7. The highest BCUT2D eigenvalue weighted by molar-refractivity contribution is 7.22. The molecule has 0 aliphatic heterocycles. The Bertz CT molecular complexity index is 2190. The second-order valence-electron chi connectivity index (χ2n) is 14.1. The lowest BCUT2D eigenvalue weighted by molar-refractivity contribution is -0.0638. The minimum absolute atomic E-state index is 0.116. The van der Waals surface area contributed by atoms with E-state index in [-0.39, 0.29) is 11.6 Å². The number of para-hydroxylation sites is 2. The van der Waals surface area contributed by atoms with Gasteiger partial charge < -0.3 is 10.4 Å². The molecule has 4 aromatic heterocycles. The molecule has 12 heteroatoms. The average Bonchev–Trinajstić information content (AvgIpc) is 3.79. The van der Waals surface area contributed by atoms with Crippen molar-refractivity contribution in [3.05, 3.63) is 77.4 Å². The summed E-state index contributed by atoms with van der Waals surface area (Å²) in [6, 6.07) is 15.0. The molecule has 2 aromatic carbocycles. The van der Waals surface area contributed by atoms with Crippen molar-refractivity contribution in [1.82, 2.24) is 24.4 Å². The molecule has 0 atom stereocenters. The van der Waals surface area contributed by atoms with E-state index in [0.717, 1.165) is 45.8 Å². The van der Waals surface area contributed by atoms with E-state index in [9.17, 15) is 14.7 Å². The number of benzene rings is 2. The highest BCUT2D eigenvalue weighted by Gasteiger charge is 2.51. The maximum Gasteiger partial charge on any atom is 0.356 e. The van der Waals surface area contributed by atoms with Crippen molar-refractivity contribution in [2.24, 2.45) is 23.2 Å². The number of thiazole rings is 2. The summed E-state index contributed by atoms with van der Waals surface area (Å²) < 4.78 is 4.63. The molecule has 4 aliphatic carbocycles. The number of carbonyl (C=O) groups is 2.